The van der Waals surface area contributed by atoms with Crippen LogP contribution in [0.4, 0.5) is 5.69 Å². The first kappa shape index (κ1) is 27.1. The summed E-state index contributed by atoms with van der Waals surface area (Å²) in [5.74, 6) is 0.514. The molecule has 0 bridgehead atoms. The first-order valence-corrected chi connectivity index (χ1v) is 13.3. The summed E-state index contributed by atoms with van der Waals surface area (Å²) in [7, 11) is 1.41. The van der Waals surface area contributed by atoms with Crippen LogP contribution in [0.15, 0.2) is 80.1 Å². The summed E-state index contributed by atoms with van der Waals surface area (Å²) in [6, 6.07) is 13.7. The Balaban J connectivity index is 1.61. The van der Waals surface area contributed by atoms with E-state index in [0.717, 1.165) is 11.3 Å². The summed E-state index contributed by atoms with van der Waals surface area (Å²) in [6.07, 6.45) is 1.59. The van der Waals surface area contributed by atoms with Crippen molar-refractivity contribution in [3.63, 3.8) is 0 Å². The number of allylic oxidation sites excluding steroid dienone is 1. The molecule has 4 aromatic rings. The van der Waals surface area contributed by atoms with E-state index in [1.807, 2.05) is 0 Å². The number of hydrogen-bond acceptors (Lipinski definition) is 9. The average molecular weight is 580 g/mol. The van der Waals surface area contributed by atoms with Crippen molar-refractivity contribution in [3.05, 3.63) is 112 Å². The van der Waals surface area contributed by atoms with Crippen molar-refractivity contribution in [2.45, 2.75) is 19.9 Å². The van der Waals surface area contributed by atoms with Crippen LogP contribution in [0.2, 0.25) is 5.02 Å². The maximum Gasteiger partial charge on any atom is 0.338 e. The molecule has 0 fully saturated rings. The van der Waals surface area contributed by atoms with Gasteiger partial charge >= 0.3 is 5.97 Å². The highest BCUT2D eigenvalue weighted by Crippen LogP contribution is 2.35. The van der Waals surface area contributed by atoms with Crippen LogP contribution in [-0.2, 0) is 9.53 Å². The molecule has 204 valence electrons. The SMILES string of the molecule is CCOC(=O)C1=C(C)N=c2s/c(=C\c3ccc(-c4ccc([N+](=O)[O-])cc4OC)o3)c(=O)n2[C@H]1c1ccc(Cl)cc1. The molecule has 0 amide bonds. The maximum absolute atomic E-state index is 13.7. The fourth-order valence-electron chi connectivity index (χ4n) is 4.45. The number of furan rings is 1. The Kier molecular flexibility index (Phi) is 7.42. The lowest BCUT2D eigenvalue weighted by atomic mass is 9.96. The second-order valence-electron chi connectivity index (χ2n) is 8.70. The van der Waals surface area contributed by atoms with Gasteiger partial charge in [-0.1, -0.05) is 35.1 Å². The first-order chi connectivity index (χ1) is 19.2. The van der Waals surface area contributed by atoms with E-state index >= 15 is 0 Å². The van der Waals surface area contributed by atoms with Gasteiger partial charge in [0.05, 0.1) is 52.1 Å². The highest BCUT2D eigenvalue weighted by Gasteiger charge is 2.33. The van der Waals surface area contributed by atoms with Crippen molar-refractivity contribution in [2.75, 3.05) is 13.7 Å². The van der Waals surface area contributed by atoms with Crippen LogP contribution >= 0.6 is 22.9 Å². The van der Waals surface area contributed by atoms with Gasteiger partial charge in [0.25, 0.3) is 11.2 Å². The third kappa shape index (κ3) is 4.96. The van der Waals surface area contributed by atoms with Crippen molar-refractivity contribution < 1.29 is 23.6 Å². The van der Waals surface area contributed by atoms with Crippen molar-refractivity contribution in [1.29, 1.82) is 0 Å². The topological polar surface area (TPSA) is 126 Å². The molecule has 1 aliphatic heterocycles. The van der Waals surface area contributed by atoms with Gasteiger partial charge < -0.3 is 13.9 Å². The van der Waals surface area contributed by atoms with Crippen LogP contribution in [0.25, 0.3) is 17.4 Å². The second-order valence-corrected chi connectivity index (χ2v) is 10.1. The van der Waals surface area contributed by atoms with Gasteiger partial charge in [-0.2, -0.15) is 0 Å². The molecular formula is C28H22ClN3O7S. The van der Waals surface area contributed by atoms with E-state index in [9.17, 15) is 19.7 Å². The van der Waals surface area contributed by atoms with E-state index in [2.05, 4.69) is 4.99 Å². The standard InChI is InChI=1S/C28H22ClN3O7S/c1-4-38-27(34)24-15(2)30-28-31(25(24)16-5-7-17(29)8-6-16)26(33)23(40-28)14-19-10-12-21(39-19)20-11-9-18(32(35)36)13-22(20)37-3/h5-14,25H,4H2,1-3H3/b23-14-/t25-/m0/s1. The lowest BCUT2D eigenvalue weighted by molar-refractivity contribution is -0.384. The summed E-state index contributed by atoms with van der Waals surface area (Å²) in [4.78, 5) is 42.3. The van der Waals surface area contributed by atoms with Crippen LogP contribution in [0.1, 0.15) is 31.2 Å². The van der Waals surface area contributed by atoms with Gasteiger partial charge in [0.1, 0.15) is 17.3 Å². The molecule has 12 heteroatoms. The Morgan fingerprint density at radius 1 is 1.23 bits per heavy atom. The summed E-state index contributed by atoms with van der Waals surface area (Å²) in [6.45, 7) is 3.60. The Hall–Kier alpha value is -4.48. The number of ether oxygens (including phenoxy) is 2. The predicted octanol–water partition coefficient (Wildman–Crippen LogP) is 4.63. The maximum atomic E-state index is 13.7. The second kappa shape index (κ2) is 10.9. The Morgan fingerprint density at radius 2 is 1.98 bits per heavy atom. The Bertz CT molecular complexity index is 1850. The summed E-state index contributed by atoms with van der Waals surface area (Å²) in [5.41, 5.74) is 1.46. The largest absolute Gasteiger partial charge is 0.496 e. The fourth-order valence-corrected chi connectivity index (χ4v) is 5.61. The molecule has 1 aliphatic rings. The zero-order valence-electron chi connectivity index (χ0n) is 21.5. The minimum atomic E-state index is -0.758. The number of nitro benzene ring substituents is 1. The molecule has 40 heavy (non-hydrogen) atoms. The zero-order valence-corrected chi connectivity index (χ0v) is 23.1. The number of carbonyl (C=O) groups is 1. The molecule has 2 aromatic carbocycles. The summed E-state index contributed by atoms with van der Waals surface area (Å²) in [5, 5.41) is 11.6. The van der Waals surface area contributed by atoms with Gasteiger partial charge in [-0.15, -0.1) is 0 Å². The molecule has 0 spiro atoms. The smallest absolute Gasteiger partial charge is 0.338 e. The van der Waals surface area contributed by atoms with Crippen molar-refractivity contribution in [1.82, 2.24) is 4.57 Å². The van der Waals surface area contributed by atoms with Gasteiger partial charge in [-0.3, -0.25) is 19.5 Å². The van der Waals surface area contributed by atoms with Gasteiger partial charge in [-0.05, 0) is 49.7 Å². The quantitative estimate of drug-likeness (QED) is 0.177. The minimum absolute atomic E-state index is 0.110. The van der Waals surface area contributed by atoms with Gasteiger partial charge in [0.2, 0.25) is 0 Å². The van der Waals surface area contributed by atoms with Crippen LogP contribution in [-0.4, -0.2) is 29.2 Å². The minimum Gasteiger partial charge on any atom is -0.496 e. The number of rotatable bonds is 7. The molecule has 1 atom stereocenters. The normalized spacial score (nSPS) is 15.0. The number of thiazole rings is 1. The fraction of sp³-hybridized carbons (Fsp3) is 0.179. The molecule has 0 unspecified atom stereocenters. The Morgan fingerprint density at radius 3 is 2.65 bits per heavy atom. The number of aromatic nitrogens is 1. The van der Waals surface area contributed by atoms with E-state index in [0.29, 0.717) is 42.7 Å². The number of nitro groups is 1. The highest BCUT2D eigenvalue weighted by atomic mass is 35.5. The van der Waals surface area contributed by atoms with E-state index in [1.54, 1.807) is 62.4 Å². The molecule has 5 rings (SSSR count). The van der Waals surface area contributed by atoms with E-state index in [4.69, 9.17) is 25.5 Å². The number of fused-ring (bicyclic) bond motifs is 1. The molecule has 0 saturated carbocycles. The first-order valence-electron chi connectivity index (χ1n) is 12.1. The molecule has 10 nitrogen and oxygen atoms in total. The lowest BCUT2D eigenvalue weighted by Crippen LogP contribution is -2.39. The monoisotopic (exact) mass is 579 g/mol. The van der Waals surface area contributed by atoms with Crippen molar-refractivity contribution >= 4 is 40.7 Å². The number of nitrogens with zero attached hydrogens (tertiary/aromatic N) is 3. The molecule has 0 aliphatic carbocycles. The molecular weight excluding hydrogens is 558 g/mol. The molecule has 2 aromatic heterocycles. The van der Waals surface area contributed by atoms with Crippen molar-refractivity contribution in [3.8, 4) is 17.1 Å². The molecule has 0 saturated heterocycles. The molecule has 3 heterocycles. The third-order valence-corrected chi connectivity index (χ3v) is 7.50. The summed E-state index contributed by atoms with van der Waals surface area (Å²) < 4.78 is 18.4. The third-order valence-electron chi connectivity index (χ3n) is 6.26. The van der Waals surface area contributed by atoms with Gasteiger partial charge in [-0.25, -0.2) is 9.79 Å². The lowest BCUT2D eigenvalue weighted by Gasteiger charge is -2.24. The number of benzene rings is 2. The van der Waals surface area contributed by atoms with Crippen molar-refractivity contribution in [2.24, 2.45) is 4.99 Å². The van der Waals surface area contributed by atoms with Gasteiger partial charge in [0.15, 0.2) is 4.80 Å². The molecule has 0 radical (unpaired) electrons. The van der Waals surface area contributed by atoms with Crippen LogP contribution in [0, 0.1) is 10.1 Å². The highest BCUT2D eigenvalue weighted by molar-refractivity contribution is 7.07. The predicted molar refractivity (Wildman–Crippen MR) is 149 cm³/mol. The summed E-state index contributed by atoms with van der Waals surface area (Å²) >= 11 is 7.26. The van der Waals surface area contributed by atoms with E-state index < -0.39 is 16.9 Å². The van der Waals surface area contributed by atoms with Gasteiger partial charge in [0, 0.05) is 17.2 Å². The average Bonchev–Trinajstić information content (AvgIpc) is 3.52. The Labute approximate surface area is 236 Å². The number of hydrogen-bond donors (Lipinski definition) is 0. The number of carbonyl (C=O) groups excluding carboxylic acids is 1. The number of non-ortho nitro benzene ring substituents is 1. The van der Waals surface area contributed by atoms with Crippen LogP contribution in [0.3, 0.4) is 0 Å². The zero-order chi connectivity index (χ0) is 28.6. The molecule has 0 N–H and O–H groups in total. The number of halogens is 1. The number of esters is 1. The van der Waals surface area contributed by atoms with E-state index in [1.165, 1.54) is 23.8 Å². The van der Waals surface area contributed by atoms with Crippen LogP contribution < -0.4 is 19.6 Å². The van der Waals surface area contributed by atoms with Crippen LogP contribution in [0.5, 0.6) is 5.75 Å². The number of methoxy groups -OCH3 is 1. The van der Waals surface area contributed by atoms with E-state index in [-0.39, 0.29) is 29.2 Å².